The van der Waals surface area contributed by atoms with E-state index in [0.717, 1.165) is 11.3 Å². The number of benzene rings is 1. The monoisotopic (exact) mass is 371 g/mol. The molecular weight excluding hydrogens is 353 g/mol. The molecule has 1 atom stereocenters. The number of sulfonamides is 1. The molecule has 0 aliphatic heterocycles. The highest BCUT2D eigenvalue weighted by atomic mass is 32.2. The summed E-state index contributed by atoms with van der Waals surface area (Å²) in [5, 5.41) is 1.52. The van der Waals surface area contributed by atoms with Gasteiger partial charge in [-0.2, -0.15) is 0 Å². The molecule has 1 N–H and O–H groups in total. The van der Waals surface area contributed by atoms with Crippen LogP contribution in [0.25, 0.3) is 0 Å². The first-order valence-corrected chi connectivity index (χ1v) is 9.56. The van der Waals surface area contributed by atoms with Crippen LogP contribution in [0.1, 0.15) is 35.1 Å². The molecule has 24 heavy (non-hydrogen) atoms. The highest BCUT2D eigenvalue weighted by Crippen LogP contribution is 2.28. The first-order chi connectivity index (χ1) is 11.3. The number of methoxy groups -OCH3 is 1. The van der Waals surface area contributed by atoms with Gasteiger partial charge in [0.05, 0.1) is 7.11 Å². The minimum absolute atomic E-state index is 0.0200. The van der Waals surface area contributed by atoms with Gasteiger partial charge in [0.25, 0.3) is 0 Å². The number of nitrogens with one attached hydrogen (secondary N) is 1. The van der Waals surface area contributed by atoms with Crippen LogP contribution in [-0.2, 0) is 14.8 Å². The zero-order valence-electron chi connectivity index (χ0n) is 13.4. The predicted octanol–water partition coefficient (Wildman–Crippen LogP) is 3.35. The molecule has 0 bridgehead atoms. The topological polar surface area (TPSA) is 72.5 Å². The smallest absolute Gasteiger partial charge is 0.349 e. The highest BCUT2D eigenvalue weighted by molar-refractivity contribution is 7.89. The van der Waals surface area contributed by atoms with E-state index in [4.69, 9.17) is 0 Å². The van der Waals surface area contributed by atoms with Gasteiger partial charge in [0.15, 0.2) is 0 Å². The lowest BCUT2D eigenvalue weighted by molar-refractivity contribution is 0.0602. The molecule has 1 heterocycles. The third-order valence-electron chi connectivity index (χ3n) is 3.47. The van der Waals surface area contributed by atoms with Crippen molar-refractivity contribution < 1.29 is 22.3 Å². The van der Waals surface area contributed by atoms with E-state index in [1.54, 1.807) is 0 Å². The van der Waals surface area contributed by atoms with Gasteiger partial charge in [0, 0.05) is 6.04 Å². The van der Waals surface area contributed by atoms with Crippen molar-refractivity contribution in [2.24, 2.45) is 5.92 Å². The Morgan fingerprint density at radius 1 is 1.21 bits per heavy atom. The number of hydrogen-bond acceptors (Lipinski definition) is 5. The molecule has 0 saturated heterocycles. The van der Waals surface area contributed by atoms with Crippen molar-refractivity contribution in [3.05, 3.63) is 52.0 Å². The number of carbonyl (C=O) groups excluding carboxylic acids is 1. The van der Waals surface area contributed by atoms with Gasteiger partial charge in [-0.1, -0.05) is 26.0 Å². The second kappa shape index (κ2) is 7.42. The summed E-state index contributed by atoms with van der Waals surface area (Å²) in [5.41, 5.74) is 0.643. The first kappa shape index (κ1) is 18.6. The van der Waals surface area contributed by atoms with E-state index in [0.29, 0.717) is 5.56 Å². The fraction of sp³-hybridized carbons (Fsp3) is 0.312. The number of esters is 1. The Balaban J connectivity index is 2.37. The maximum atomic E-state index is 13.1. The fourth-order valence-corrected chi connectivity index (χ4v) is 4.95. The number of ether oxygens (including phenoxy) is 1. The van der Waals surface area contributed by atoms with Crippen LogP contribution in [0.2, 0.25) is 0 Å². The van der Waals surface area contributed by atoms with Crippen molar-refractivity contribution in [3.63, 3.8) is 0 Å². The third kappa shape index (κ3) is 4.00. The van der Waals surface area contributed by atoms with Crippen LogP contribution in [-0.4, -0.2) is 21.5 Å². The SMILES string of the molecule is COC(=O)c1sccc1S(=O)(=O)NC(c1ccc(F)cc1)C(C)C. The number of thiophene rings is 1. The van der Waals surface area contributed by atoms with E-state index in [1.165, 1.54) is 42.8 Å². The maximum absolute atomic E-state index is 13.1. The quantitative estimate of drug-likeness (QED) is 0.791. The van der Waals surface area contributed by atoms with E-state index in [2.05, 4.69) is 9.46 Å². The van der Waals surface area contributed by atoms with Gasteiger partial charge < -0.3 is 4.74 Å². The number of halogens is 1. The Morgan fingerprint density at radius 2 is 1.83 bits per heavy atom. The summed E-state index contributed by atoms with van der Waals surface area (Å²) in [5.74, 6) is -1.17. The molecule has 2 rings (SSSR count). The Bertz CT molecular complexity index is 813. The molecule has 2 aromatic rings. The average Bonchev–Trinajstić information content (AvgIpc) is 3.03. The van der Waals surface area contributed by atoms with Crippen molar-refractivity contribution in [1.29, 1.82) is 0 Å². The predicted molar refractivity (Wildman–Crippen MR) is 90.0 cm³/mol. The van der Waals surface area contributed by atoms with E-state index >= 15 is 0 Å². The third-order valence-corrected chi connectivity index (χ3v) is 5.97. The molecule has 130 valence electrons. The molecule has 0 aliphatic carbocycles. The lowest BCUT2D eigenvalue weighted by atomic mass is 9.97. The molecule has 0 saturated carbocycles. The van der Waals surface area contributed by atoms with Crippen molar-refractivity contribution >= 4 is 27.3 Å². The lowest BCUT2D eigenvalue weighted by Crippen LogP contribution is -2.32. The van der Waals surface area contributed by atoms with Crippen LogP contribution >= 0.6 is 11.3 Å². The summed E-state index contributed by atoms with van der Waals surface area (Å²) in [6.07, 6.45) is 0. The molecule has 0 spiro atoms. The Morgan fingerprint density at radius 3 is 2.38 bits per heavy atom. The first-order valence-electron chi connectivity index (χ1n) is 7.20. The van der Waals surface area contributed by atoms with Gasteiger partial charge in [-0.25, -0.2) is 22.3 Å². The number of rotatable bonds is 6. The van der Waals surface area contributed by atoms with Crippen LogP contribution in [0.3, 0.4) is 0 Å². The Kier molecular flexibility index (Phi) is 5.74. The number of hydrogen-bond donors (Lipinski definition) is 1. The summed E-state index contributed by atoms with van der Waals surface area (Å²) in [4.78, 5) is 11.6. The molecule has 0 aliphatic rings. The molecule has 1 aromatic carbocycles. The molecule has 8 heteroatoms. The van der Waals surface area contributed by atoms with Crippen LogP contribution < -0.4 is 4.72 Å². The average molecular weight is 371 g/mol. The van der Waals surface area contributed by atoms with E-state index in [-0.39, 0.29) is 15.7 Å². The Hall–Kier alpha value is -1.77. The van der Waals surface area contributed by atoms with Crippen LogP contribution in [0.15, 0.2) is 40.6 Å². The summed E-state index contributed by atoms with van der Waals surface area (Å²) >= 11 is 0.999. The minimum atomic E-state index is -3.94. The highest BCUT2D eigenvalue weighted by Gasteiger charge is 2.29. The summed E-state index contributed by atoms with van der Waals surface area (Å²) in [6.45, 7) is 3.71. The van der Waals surface area contributed by atoms with Gasteiger partial charge >= 0.3 is 5.97 Å². The fourth-order valence-electron chi connectivity index (χ4n) is 2.24. The minimum Gasteiger partial charge on any atom is -0.465 e. The van der Waals surface area contributed by atoms with Crippen LogP contribution in [0, 0.1) is 11.7 Å². The lowest BCUT2D eigenvalue weighted by Gasteiger charge is -2.22. The van der Waals surface area contributed by atoms with Crippen molar-refractivity contribution in [1.82, 2.24) is 4.72 Å². The van der Waals surface area contributed by atoms with E-state index in [1.807, 2.05) is 13.8 Å². The van der Waals surface area contributed by atoms with Crippen molar-refractivity contribution in [2.45, 2.75) is 24.8 Å². The van der Waals surface area contributed by atoms with E-state index in [9.17, 15) is 17.6 Å². The molecule has 1 aromatic heterocycles. The van der Waals surface area contributed by atoms with Gasteiger partial charge in [-0.3, -0.25) is 0 Å². The summed E-state index contributed by atoms with van der Waals surface area (Å²) < 4.78 is 45.7. The molecule has 1 unspecified atom stereocenters. The van der Waals surface area contributed by atoms with E-state index < -0.39 is 27.9 Å². The van der Waals surface area contributed by atoms with Gasteiger partial charge in [0.1, 0.15) is 15.6 Å². The normalized spacial score (nSPS) is 13.0. The van der Waals surface area contributed by atoms with Gasteiger partial charge in [0.2, 0.25) is 10.0 Å². The maximum Gasteiger partial charge on any atom is 0.349 e. The molecule has 0 radical (unpaired) electrons. The Labute approximate surface area is 144 Å². The second-order valence-corrected chi connectivity index (χ2v) is 8.10. The summed E-state index contributed by atoms with van der Waals surface area (Å²) in [6, 6.07) is 6.45. The molecule has 0 fully saturated rings. The largest absolute Gasteiger partial charge is 0.465 e. The van der Waals surface area contributed by atoms with Crippen LogP contribution in [0.5, 0.6) is 0 Å². The molecule has 0 amide bonds. The van der Waals surface area contributed by atoms with Gasteiger partial charge in [-0.05, 0) is 35.1 Å². The summed E-state index contributed by atoms with van der Waals surface area (Å²) in [7, 11) is -2.74. The van der Waals surface area contributed by atoms with Crippen LogP contribution in [0.4, 0.5) is 4.39 Å². The standard InChI is InChI=1S/C16H18FNO4S2/c1-10(2)14(11-4-6-12(17)7-5-11)18-24(20,21)13-8-9-23-15(13)16(19)22-3/h4-10,14,18H,1-3H3. The zero-order valence-corrected chi connectivity index (χ0v) is 15.1. The zero-order chi connectivity index (χ0) is 17.9. The van der Waals surface area contributed by atoms with Gasteiger partial charge in [-0.15, -0.1) is 11.3 Å². The molecular formula is C16H18FNO4S2. The number of carbonyl (C=O) groups is 1. The molecule has 5 nitrogen and oxygen atoms in total. The van der Waals surface area contributed by atoms with Crippen molar-refractivity contribution in [3.8, 4) is 0 Å². The van der Waals surface area contributed by atoms with Crippen molar-refractivity contribution in [2.75, 3.05) is 7.11 Å². The second-order valence-electron chi connectivity index (χ2n) is 5.50.